The molecule has 0 spiro atoms. The van der Waals surface area contributed by atoms with Crippen LogP contribution < -0.4 is 0 Å². The number of hydrogen-bond acceptors (Lipinski definition) is 4. The molecule has 0 radical (unpaired) electrons. The predicted octanol–water partition coefficient (Wildman–Crippen LogP) is 5.89. The zero-order valence-corrected chi connectivity index (χ0v) is 16.6. The highest BCUT2D eigenvalue weighted by Gasteiger charge is 2.36. The minimum absolute atomic E-state index is 0.173. The van der Waals surface area contributed by atoms with Gasteiger partial charge in [0.2, 0.25) is 0 Å². The molecular weight excluding hydrogens is 366 g/mol. The van der Waals surface area contributed by atoms with E-state index in [1.807, 2.05) is 55.5 Å². The van der Waals surface area contributed by atoms with Crippen LogP contribution in [0.5, 0.6) is 0 Å². The number of carbonyl (C=O) groups excluding carboxylic acids is 1. The van der Waals surface area contributed by atoms with Crippen LogP contribution in [0.2, 0.25) is 0 Å². The lowest BCUT2D eigenvalue weighted by molar-refractivity contribution is 0.0673. The number of para-hydroxylation sites is 1. The quantitative estimate of drug-likeness (QED) is 0.412. The Balaban J connectivity index is 1.45. The molecule has 5 heteroatoms. The van der Waals surface area contributed by atoms with Crippen molar-refractivity contribution in [1.29, 1.82) is 0 Å². The van der Waals surface area contributed by atoms with Crippen molar-refractivity contribution in [2.75, 3.05) is 0 Å². The zero-order chi connectivity index (χ0) is 20.0. The second-order valence-electron chi connectivity index (χ2n) is 7.92. The third kappa shape index (κ3) is 3.37. The topological polar surface area (TPSA) is 59.7 Å². The van der Waals surface area contributed by atoms with Gasteiger partial charge < -0.3 is 18.2 Å². The highest BCUT2D eigenvalue weighted by molar-refractivity contribution is 5.98. The number of nitrogens with zero attached hydrogens (tertiary/aromatic N) is 1. The van der Waals surface area contributed by atoms with Gasteiger partial charge in [-0.25, -0.2) is 0 Å². The number of carbonyl (C=O) groups is 1. The molecule has 2 atom stereocenters. The largest absolute Gasteiger partial charge is 0.467 e. The van der Waals surface area contributed by atoms with Gasteiger partial charge in [0.15, 0.2) is 5.76 Å². The Morgan fingerprint density at radius 3 is 2.55 bits per heavy atom. The molecule has 5 nitrogen and oxygen atoms in total. The molecule has 0 N–H and O–H groups in total. The van der Waals surface area contributed by atoms with Crippen molar-refractivity contribution in [2.24, 2.45) is 5.92 Å². The fourth-order valence-corrected chi connectivity index (χ4v) is 3.90. The van der Waals surface area contributed by atoms with Crippen LogP contribution in [0, 0.1) is 12.8 Å². The van der Waals surface area contributed by atoms with E-state index in [0.29, 0.717) is 36.3 Å². The molecular formula is C24H23NO4. The number of benzene rings is 1. The maximum Gasteiger partial charge on any atom is 0.290 e. The SMILES string of the molecule is Cc1c(C(=O)N(Cc2ccco2)Cc2ccc(C3CC3C)o2)oc2ccccc12. The summed E-state index contributed by atoms with van der Waals surface area (Å²) in [7, 11) is 0. The molecule has 1 fully saturated rings. The average molecular weight is 389 g/mol. The minimum atomic E-state index is -0.173. The Kier molecular flexibility index (Phi) is 4.31. The van der Waals surface area contributed by atoms with Crippen molar-refractivity contribution in [3.63, 3.8) is 0 Å². The van der Waals surface area contributed by atoms with Gasteiger partial charge in [0.1, 0.15) is 22.9 Å². The van der Waals surface area contributed by atoms with E-state index in [0.717, 1.165) is 28.2 Å². The Morgan fingerprint density at radius 2 is 1.83 bits per heavy atom. The number of rotatable bonds is 6. The van der Waals surface area contributed by atoms with E-state index >= 15 is 0 Å². The van der Waals surface area contributed by atoms with Crippen LogP contribution in [-0.4, -0.2) is 10.8 Å². The van der Waals surface area contributed by atoms with E-state index < -0.39 is 0 Å². The molecule has 2 unspecified atom stereocenters. The number of furan rings is 3. The van der Waals surface area contributed by atoms with E-state index in [4.69, 9.17) is 13.3 Å². The van der Waals surface area contributed by atoms with Crippen molar-refractivity contribution in [2.45, 2.75) is 39.3 Å². The van der Waals surface area contributed by atoms with Crippen LogP contribution in [-0.2, 0) is 13.1 Å². The summed E-state index contributed by atoms with van der Waals surface area (Å²) in [6.07, 6.45) is 2.78. The van der Waals surface area contributed by atoms with Gasteiger partial charge in [-0.3, -0.25) is 4.79 Å². The van der Waals surface area contributed by atoms with Crippen LogP contribution in [0.3, 0.4) is 0 Å². The Bertz CT molecular complexity index is 1150. The van der Waals surface area contributed by atoms with Gasteiger partial charge in [-0.15, -0.1) is 0 Å². The molecule has 3 heterocycles. The first-order valence-electron chi connectivity index (χ1n) is 9.98. The summed E-state index contributed by atoms with van der Waals surface area (Å²) in [5.41, 5.74) is 1.57. The van der Waals surface area contributed by atoms with Gasteiger partial charge in [0.25, 0.3) is 5.91 Å². The van der Waals surface area contributed by atoms with Crippen LogP contribution >= 0.6 is 0 Å². The number of fused-ring (bicyclic) bond motifs is 1. The van der Waals surface area contributed by atoms with Crippen molar-refractivity contribution in [3.05, 3.63) is 83.4 Å². The van der Waals surface area contributed by atoms with Gasteiger partial charge in [-0.2, -0.15) is 0 Å². The predicted molar refractivity (Wildman–Crippen MR) is 108 cm³/mol. The van der Waals surface area contributed by atoms with Crippen LogP contribution in [0.4, 0.5) is 0 Å². The Morgan fingerprint density at radius 1 is 1.03 bits per heavy atom. The van der Waals surface area contributed by atoms with E-state index in [2.05, 4.69) is 6.92 Å². The van der Waals surface area contributed by atoms with Crippen molar-refractivity contribution < 1.29 is 18.0 Å². The molecule has 5 rings (SSSR count). The molecule has 148 valence electrons. The summed E-state index contributed by atoms with van der Waals surface area (Å²) in [4.78, 5) is 15.1. The number of aryl methyl sites for hydroxylation is 1. The smallest absolute Gasteiger partial charge is 0.290 e. The molecule has 3 aromatic heterocycles. The van der Waals surface area contributed by atoms with Crippen LogP contribution in [0.25, 0.3) is 11.0 Å². The monoisotopic (exact) mass is 389 g/mol. The molecule has 1 amide bonds. The van der Waals surface area contributed by atoms with E-state index in [-0.39, 0.29) is 5.91 Å². The highest BCUT2D eigenvalue weighted by Crippen LogP contribution is 2.47. The first-order chi connectivity index (χ1) is 14.1. The number of hydrogen-bond donors (Lipinski definition) is 0. The normalized spacial score (nSPS) is 18.3. The van der Waals surface area contributed by atoms with Crippen LogP contribution in [0.1, 0.15) is 52.7 Å². The molecule has 0 aliphatic heterocycles. The fraction of sp³-hybridized carbons (Fsp3) is 0.292. The van der Waals surface area contributed by atoms with Gasteiger partial charge in [-0.05, 0) is 49.6 Å². The highest BCUT2D eigenvalue weighted by atomic mass is 16.4. The van der Waals surface area contributed by atoms with E-state index in [9.17, 15) is 4.79 Å². The van der Waals surface area contributed by atoms with E-state index in [1.54, 1.807) is 11.2 Å². The summed E-state index contributed by atoms with van der Waals surface area (Å²) >= 11 is 0. The Hall–Kier alpha value is -3.21. The molecule has 0 saturated heterocycles. The average Bonchev–Trinajstić information content (AvgIpc) is 3.15. The first kappa shape index (κ1) is 17.9. The molecule has 1 aliphatic rings. The lowest BCUT2D eigenvalue weighted by Gasteiger charge is -2.20. The van der Waals surface area contributed by atoms with Gasteiger partial charge >= 0.3 is 0 Å². The summed E-state index contributed by atoms with van der Waals surface area (Å²) in [5.74, 6) is 3.87. The second-order valence-corrected chi connectivity index (χ2v) is 7.92. The maximum atomic E-state index is 13.4. The standard InChI is InChI=1S/C24H23NO4/c1-15-12-20(15)22-10-9-18(28-22)14-25(13-17-6-5-11-27-17)24(26)23-16(2)19-7-3-4-8-21(19)29-23/h3-11,15,20H,12-14H2,1-2H3. The molecule has 1 saturated carbocycles. The van der Waals surface area contributed by atoms with Crippen molar-refractivity contribution in [3.8, 4) is 0 Å². The molecule has 0 bridgehead atoms. The van der Waals surface area contributed by atoms with Crippen molar-refractivity contribution >= 4 is 16.9 Å². The molecule has 1 aliphatic carbocycles. The van der Waals surface area contributed by atoms with E-state index in [1.165, 1.54) is 6.42 Å². The van der Waals surface area contributed by atoms with Crippen LogP contribution in [0.15, 0.2) is 68.0 Å². The second kappa shape index (κ2) is 6.99. The third-order valence-corrected chi connectivity index (χ3v) is 5.76. The summed E-state index contributed by atoms with van der Waals surface area (Å²) in [6.45, 7) is 4.85. The summed E-state index contributed by atoms with van der Waals surface area (Å²) in [5, 5.41) is 0.955. The molecule has 1 aromatic carbocycles. The molecule has 4 aromatic rings. The van der Waals surface area contributed by atoms with Gasteiger partial charge in [-0.1, -0.05) is 25.1 Å². The lowest BCUT2D eigenvalue weighted by atomic mass is 10.1. The Labute approximate surface area is 168 Å². The maximum absolute atomic E-state index is 13.4. The molecule has 29 heavy (non-hydrogen) atoms. The zero-order valence-electron chi connectivity index (χ0n) is 16.6. The lowest BCUT2D eigenvalue weighted by Crippen LogP contribution is -2.30. The third-order valence-electron chi connectivity index (χ3n) is 5.76. The first-order valence-corrected chi connectivity index (χ1v) is 9.98. The number of amides is 1. The summed E-state index contributed by atoms with van der Waals surface area (Å²) in [6, 6.07) is 15.4. The van der Waals surface area contributed by atoms with Gasteiger partial charge in [0.05, 0.1) is 19.4 Å². The minimum Gasteiger partial charge on any atom is -0.467 e. The van der Waals surface area contributed by atoms with Crippen molar-refractivity contribution in [1.82, 2.24) is 4.90 Å². The van der Waals surface area contributed by atoms with Gasteiger partial charge in [0, 0.05) is 16.9 Å². The fourth-order valence-electron chi connectivity index (χ4n) is 3.90. The summed E-state index contributed by atoms with van der Waals surface area (Å²) < 4.78 is 17.5.